The number of pyridine rings is 1. The second kappa shape index (κ2) is 7.05. The van der Waals surface area contributed by atoms with Gasteiger partial charge in [-0.3, -0.25) is 19.4 Å². The van der Waals surface area contributed by atoms with Crippen LogP contribution < -0.4 is 4.74 Å². The number of hydrogen-bond acceptors (Lipinski definition) is 6. The zero-order valence-corrected chi connectivity index (χ0v) is 14.8. The van der Waals surface area contributed by atoms with E-state index < -0.39 is 0 Å². The Labute approximate surface area is 152 Å². The molecule has 138 valence electrons. The molecule has 0 spiro atoms. The number of hydrogen-bond donors (Lipinski definition) is 1. The maximum atomic E-state index is 12.8. The van der Waals surface area contributed by atoms with Gasteiger partial charge in [-0.15, -0.1) is 0 Å². The molecule has 2 saturated heterocycles. The molecule has 8 heteroatoms. The third kappa shape index (κ3) is 3.56. The first-order valence-electron chi connectivity index (χ1n) is 8.87. The molecule has 2 aromatic rings. The van der Waals surface area contributed by atoms with Gasteiger partial charge in [0.1, 0.15) is 11.9 Å². The van der Waals surface area contributed by atoms with Crippen LogP contribution >= 0.6 is 0 Å². The van der Waals surface area contributed by atoms with Crippen molar-refractivity contribution in [2.24, 2.45) is 7.05 Å². The Morgan fingerprint density at radius 1 is 1.31 bits per heavy atom. The summed E-state index contributed by atoms with van der Waals surface area (Å²) in [7, 11) is 1.82. The van der Waals surface area contributed by atoms with Crippen LogP contribution in [0.4, 0.5) is 0 Å². The Hall–Kier alpha value is -2.45. The first-order valence-corrected chi connectivity index (χ1v) is 8.87. The molecule has 0 radical (unpaired) electrons. The Kier molecular flexibility index (Phi) is 4.60. The highest BCUT2D eigenvalue weighted by Crippen LogP contribution is 2.21. The van der Waals surface area contributed by atoms with Gasteiger partial charge in [-0.05, 0) is 18.6 Å². The normalized spacial score (nSPS) is 21.0. The molecule has 2 aliphatic rings. The topological polar surface area (TPSA) is 83.7 Å². The molecule has 0 aliphatic carbocycles. The third-order valence-electron chi connectivity index (χ3n) is 4.84. The van der Waals surface area contributed by atoms with Crippen LogP contribution in [0.25, 0.3) is 0 Å². The zero-order chi connectivity index (χ0) is 18.1. The molecule has 0 aromatic carbocycles. The van der Waals surface area contributed by atoms with E-state index >= 15 is 0 Å². The SMILES string of the molecule is Cn1cc(CN2CCC(O)C2)c(C(=O)N2CC(Oc3ccncc3)C2)n1. The van der Waals surface area contributed by atoms with Crippen LogP contribution in [-0.4, -0.2) is 74.0 Å². The average Bonchev–Trinajstić information content (AvgIpc) is 3.16. The van der Waals surface area contributed by atoms with Crippen molar-refractivity contribution in [1.82, 2.24) is 24.6 Å². The minimum Gasteiger partial charge on any atom is -0.487 e. The van der Waals surface area contributed by atoms with Crippen LogP contribution in [0.5, 0.6) is 5.75 Å². The minimum atomic E-state index is -0.271. The van der Waals surface area contributed by atoms with E-state index in [9.17, 15) is 9.90 Å². The van der Waals surface area contributed by atoms with Crippen molar-refractivity contribution in [2.45, 2.75) is 25.2 Å². The van der Waals surface area contributed by atoms with Crippen LogP contribution in [0.3, 0.4) is 0 Å². The summed E-state index contributed by atoms with van der Waals surface area (Å²) in [6.45, 7) is 3.24. The highest BCUT2D eigenvalue weighted by atomic mass is 16.5. The first-order chi connectivity index (χ1) is 12.6. The molecule has 1 amide bonds. The van der Waals surface area contributed by atoms with E-state index in [-0.39, 0.29) is 18.1 Å². The van der Waals surface area contributed by atoms with Crippen molar-refractivity contribution in [3.05, 3.63) is 42.0 Å². The number of β-amino-alcohol motifs (C(OH)–C–C–N with tert-alkyl or cyclic N) is 1. The van der Waals surface area contributed by atoms with Gasteiger partial charge in [0.2, 0.25) is 0 Å². The average molecular weight is 357 g/mol. The predicted molar refractivity (Wildman–Crippen MR) is 93.7 cm³/mol. The molecule has 0 bridgehead atoms. The fourth-order valence-corrected chi connectivity index (χ4v) is 3.47. The van der Waals surface area contributed by atoms with Crippen molar-refractivity contribution in [1.29, 1.82) is 0 Å². The van der Waals surface area contributed by atoms with Gasteiger partial charge in [-0.1, -0.05) is 0 Å². The second-order valence-corrected chi connectivity index (χ2v) is 6.99. The van der Waals surface area contributed by atoms with Gasteiger partial charge < -0.3 is 14.7 Å². The summed E-state index contributed by atoms with van der Waals surface area (Å²) in [5.74, 6) is 0.707. The summed E-state index contributed by atoms with van der Waals surface area (Å²) in [6.07, 6.45) is 5.78. The fraction of sp³-hybridized carbons (Fsp3) is 0.500. The van der Waals surface area contributed by atoms with E-state index in [0.717, 1.165) is 24.3 Å². The van der Waals surface area contributed by atoms with E-state index in [1.807, 2.05) is 25.4 Å². The van der Waals surface area contributed by atoms with Crippen molar-refractivity contribution in [3.63, 3.8) is 0 Å². The predicted octanol–water partition coefficient (Wildman–Crippen LogP) is 0.285. The number of aromatic nitrogens is 3. The van der Waals surface area contributed by atoms with Crippen molar-refractivity contribution in [2.75, 3.05) is 26.2 Å². The van der Waals surface area contributed by atoms with E-state index in [0.29, 0.717) is 31.9 Å². The van der Waals surface area contributed by atoms with Crippen LogP contribution in [-0.2, 0) is 13.6 Å². The van der Waals surface area contributed by atoms with E-state index in [1.165, 1.54) is 0 Å². The largest absolute Gasteiger partial charge is 0.487 e. The molecule has 1 unspecified atom stereocenters. The van der Waals surface area contributed by atoms with E-state index in [1.54, 1.807) is 22.0 Å². The molecule has 1 atom stereocenters. The number of carbonyl (C=O) groups excluding carboxylic acids is 1. The van der Waals surface area contributed by atoms with Gasteiger partial charge in [0, 0.05) is 50.8 Å². The summed E-state index contributed by atoms with van der Waals surface area (Å²) in [5.41, 5.74) is 1.40. The highest BCUT2D eigenvalue weighted by molar-refractivity contribution is 5.94. The van der Waals surface area contributed by atoms with Crippen LogP contribution in [0.1, 0.15) is 22.5 Å². The lowest BCUT2D eigenvalue weighted by Gasteiger charge is -2.38. The molecule has 2 aliphatic heterocycles. The van der Waals surface area contributed by atoms with Crippen molar-refractivity contribution >= 4 is 5.91 Å². The number of aliphatic hydroxyl groups excluding tert-OH is 1. The number of ether oxygens (including phenoxy) is 1. The highest BCUT2D eigenvalue weighted by Gasteiger charge is 2.35. The summed E-state index contributed by atoms with van der Waals surface area (Å²) < 4.78 is 7.51. The lowest BCUT2D eigenvalue weighted by atomic mass is 10.1. The Balaban J connectivity index is 1.37. The Morgan fingerprint density at radius 3 is 2.77 bits per heavy atom. The number of aliphatic hydroxyl groups is 1. The zero-order valence-electron chi connectivity index (χ0n) is 14.8. The fourth-order valence-electron chi connectivity index (χ4n) is 3.47. The van der Waals surface area contributed by atoms with E-state index in [2.05, 4.69) is 15.0 Å². The number of carbonyl (C=O) groups is 1. The minimum absolute atomic E-state index is 0.00208. The molecule has 26 heavy (non-hydrogen) atoms. The molecule has 8 nitrogen and oxygen atoms in total. The van der Waals surface area contributed by atoms with Crippen LogP contribution in [0, 0.1) is 0 Å². The number of nitrogens with zero attached hydrogens (tertiary/aromatic N) is 5. The van der Waals surface area contributed by atoms with Gasteiger partial charge in [0.05, 0.1) is 19.2 Å². The monoisotopic (exact) mass is 357 g/mol. The molecule has 4 heterocycles. The molecular formula is C18H23N5O3. The van der Waals surface area contributed by atoms with Crippen molar-refractivity contribution in [3.8, 4) is 5.75 Å². The van der Waals surface area contributed by atoms with Gasteiger partial charge in [-0.2, -0.15) is 5.10 Å². The molecule has 0 saturated carbocycles. The lowest BCUT2D eigenvalue weighted by Crippen LogP contribution is -2.56. The smallest absolute Gasteiger partial charge is 0.274 e. The molecule has 2 fully saturated rings. The van der Waals surface area contributed by atoms with Gasteiger partial charge >= 0.3 is 0 Å². The van der Waals surface area contributed by atoms with Gasteiger partial charge in [-0.25, -0.2) is 0 Å². The van der Waals surface area contributed by atoms with Crippen molar-refractivity contribution < 1.29 is 14.6 Å². The molecule has 4 rings (SSSR count). The van der Waals surface area contributed by atoms with Gasteiger partial charge in [0.15, 0.2) is 5.69 Å². The summed E-state index contributed by atoms with van der Waals surface area (Å²) >= 11 is 0. The Morgan fingerprint density at radius 2 is 2.08 bits per heavy atom. The lowest BCUT2D eigenvalue weighted by molar-refractivity contribution is 0.0171. The summed E-state index contributed by atoms with van der Waals surface area (Å²) in [6, 6.07) is 3.62. The molecule has 2 aromatic heterocycles. The van der Waals surface area contributed by atoms with Crippen LogP contribution in [0.15, 0.2) is 30.7 Å². The second-order valence-electron chi connectivity index (χ2n) is 6.99. The van der Waals surface area contributed by atoms with Gasteiger partial charge in [0.25, 0.3) is 5.91 Å². The Bertz CT molecular complexity index is 772. The van der Waals surface area contributed by atoms with Crippen LogP contribution in [0.2, 0.25) is 0 Å². The number of amides is 1. The van der Waals surface area contributed by atoms with E-state index in [4.69, 9.17) is 4.74 Å². The third-order valence-corrected chi connectivity index (χ3v) is 4.84. The summed E-state index contributed by atoms with van der Waals surface area (Å²) in [5, 5.41) is 14.1. The quantitative estimate of drug-likeness (QED) is 0.828. The standard InChI is InChI=1S/C18H23N5O3/c1-21-8-13(9-22-7-4-14(24)10-22)17(20-21)18(25)23-11-16(12-23)26-15-2-5-19-6-3-15/h2-3,5-6,8,14,16,24H,4,7,9-12H2,1H3. The maximum absolute atomic E-state index is 12.8. The molecular weight excluding hydrogens is 334 g/mol. The maximum Gasteiger partial charge on any atom is 0.274 e. The number of aryl methyl sites for hydroxylation is 1. The number of likely N-dealkylation sites (tertiary alicyclic amines) is 2. The summed E-state index contributed by atoms with van der Waals surface area (Å²) in [4.78, 5) is 20.7. The number of rotatable bonds is 5. The molecule has 1 N–H and O–H groups in total. The first kappa shape index (κ1) is 17.0.